The van der Waals surface area contributed by atoms with Gasteiger partial charge < -0.3 is 13.6 Å². The Hall–Kier alpha value is -7.62. The van der Waals surface area contributed by atoms with E-state index in [0.29, 0.717) is 0 Å². The van der Waals surface area contributed by atoms with Crippen molar-refractivity contribution in [2.45, 2.75) is 0 Å². The summed E-state index contributed by atoms with van der Waals surface area (Å²) in [5, 5.41) is 7.25. The van der Waals surface area contributed by atoms with E-state index >= 15 is 0 Å². The van der Waals surface area contributed by atoms with Crippen LogP contribution in [0.25, 0.3) is 110 Å². The molecular weight excluding hydrogens is 693 g/mol. The van der Waals surface area contributed by atoms with Crippen molar-refractivity contribution < 1.29 is 4.42 Å². The van der Waals surface area contributed by atoms with Crippen LogP contribution in [-0.4, -0.2) is 9.13 Å². The number of furan rings is 1. The lowest BCUT2D eigenvalue weighted by molar-refractivity contribution is 0.670. The first-order chi connectivity index (χ1) is 28.3. The van der Waals surface area contributed by atoms with Gasteiger partial charge in [0.05, 0.1) is 22.1 Å². The first-order valence-corrected chi connectivity index (χ1v) is 19.5. The van der Waals surface area contributed by atoms with Gasteiger partial charge in [0.1, 0.15) is 11.2 Å². The number of aromatic nitrogens is 2. The van der Waals surface area contributed by atoms with Crippen LogP contribution in [0.3, 0.4) is 0 Å². The molecule has 0 aliphatic carbocycles. The molecule has 0 saturated carbocycles. The maximum Gasteiger partial charge on any atom is 0.143 e. The van der Waals surface area contributed by atoms with Crippen molar-refractivity contribution >= 4 is 65.6 Å². The maximum absolute atomic E-state index is 6.42. The Morgan fingerprint density at radius 1 is 0.281 bits per heavy atom. The molecule has 0 radical (unpaired) electrons. The fraction of sp³-hybridized carbons (Fsp3) is 0. The van der Waals surface area contributed by atoms with Crippen LogP contribution in [0.5, 0.6) is 0 Å². The molecule has 0 saturated heterocycles. The van der Waals surface area contributed by atoms with Crippen LogP contribution in [0.4, 0.5) is 0 Å². The highest BCUT2D eigenvalue weighted by atomic mass is 16.3. The number of fused-ring (bicyclic) bond motifs is 9. The van der Waals surface area contributed by atoms with Crippen molar-refractivity contribution in [2.24, 2.45) is 0 Å². The van der Waals surface area contributed by atoms with Crippen molar-refractivity contribution in [3.05, 3.63) is 206 Å². The summed E-state index contributed by atoms with van der Waals surface area (Å²) in [5.41, 5.74) is 15.9. The number of hydrogen-bond acceptors (Lipinski definition) is 1. The van der Waals surface area contributed by atoms with E-state index in [-0.39, 0.29) is 0 Å². The molecule has 0 aliphatic rings. The summed E-state index contributed by atoms with van der Waals surface area (Å²) in [6, 6.07) is 74.5. The highest BCUT2D eigenvalue weighted by molar-refractivity contribution is 6.19. The smallest absolute Gasteiger partial charge is 0.143 e. The van der Waals surface area contributed by atoms with E-state index < -0.39 is 0 Å². The summed E-state index contributed by atoms with van der Waals surface area (Å²) in [4.78, 5) is 0. The molecule has 0 fully saturated rings. The van der Waals surface area contributed by atoms with Gasteiger partial charge >= 0.3 is 0 Å². The SMILES string of the molecule is c1ccc(-c2ccc(-c3cccc(-n4c5ccccc5c5cc6c7ccccc7n(-c7ccc(-c8cccc9c8oc8ccccc89)cc7)c6cc54)c3)cc2)cc1. The minimum atomic E-state index is 0.912. The molecule has 3 heterocycles. The molecule has 3 heteroatoms. The van der Waals surface area contributed by atoms with Crippen LogP contribution in [0.1, 0.15) is 0 Å². The molecular formula is C54H34N2O. The second-order valence-corrected chi connectivity index (χ2v) is 14.9. The van der Waals surface area contributed by atoms with Crippen LogP contribution in [-0.2, 0) is 0 Å². The molecule has 0 aliphatic heterocycles. The summed E-state index contributed by atoms with van der Waals surface area (Å²) in [7, 11) is 0. The van der Waals surface area contributed by atoms with Crippen molar-refractivity contribution in [3.63, 3.8) is 0 Å². The second kappa shape index (κ2) is 12.5. The third kappa shape index (κ3) is 4.92. The zero-order chi connectivity index (χ0) is 37.5. The van der Waals surface area contributed by atoms with Gasteiger partial charge in [0, 0.05) is 49.3 Å². The van der Waals surface area contributed by atoms with Gasteiger partial charge in [0.15, 0.2) is 0 Å². The quantitative estimate of drug-likeness (QED) is 0.173. The third-order valence-electron chi connectivity index (χ3n) is 11.7. The van der Waals surface area contributed by atoms with Crippen molar-refractivity contribution in [1.29, 1.82) is 0 Å². The zero-order valence-electron chi connectivity index (χ0n) is 30.9. The third-order valence-corrected chi connectivity index (χ3v) is 11.7. The highest BCUT2D eigenvalue weighted by Crippen LogP contribution is 2.41. The van der Waals surface area contributed by atoms with Gasteiger partial charge in [-0.25, -0.2) is 0 Å². The Labute approximate surface area is 328 Å². The van der Waals surface area contributed by atoms with Crippen LogP contribution >= 0.6 is 0 Å². The van der Waals surface area contributed by atoms with E-state index in [4.69, 9.17) is 4.42 Å². The first-order valence-electron chi connectivity index (χ1n) is 19.5. The molecule has 0 atom stereocenters. The molecule has 3 nitrogen and oxygen atoms in total. The molecule has 0 amide bonds. The Morgan fingerprint density at radius 3 is 1.53 bits per heavy atom. The predicted octanol–water partition coefficient (Wildman–Crippen LogP) is 14.8. The Bertz CT molecular complexity index is 3490. The van der Waals surface area contributed by atoms with E-state index in [2.05, 4.69) is 203 Å². The largest absolute Gasteiger partial charge is 0.455 e. The molecule has 266 valence electrons. The highest BCUT2D eigenvalue weighted by Gasteiger charge is 2.19. The Morgan fingerprint density at radius 2 is 0.807 bits per heavy atom. The number of hydrogen-bond donors (Lipinski definition) is 0. The number of para-hydroxylation sites is 4. The van der Waals surface area contributed by atoms with E-state index in [0.717, 1.165) is 44.4 Å². The first kappa shape index (κ1) is 31.7. The summed E-state index contributed by atoms with van der Waals surface area (Å²) < 4.78 is 11.3. The number of nitrogens with zero attached hydrogens (tertiary/aromatic N) is 2. The van der Waals surface area contributed by atoms with Crippen LogP contribution in [0.2, 0.25) is 0 Å². The fourth-order valence-electron chi connectivity index (χ4n) is 9.06. The summed E-state index contributed by atoms with van der Waals surface area (Å²) in [6.45, 7) is 0. The Balaban J connectivity index is 1.02. The lowest BCUT2D eigenvalue weighted by Gasteiger charge is -2.12. The van der Waals surface area contributed by atoms with Crippen molar-refractivity contribution in [1.82, 2.24) is 9.13 Å². The van der Waals surface area contributed by atoms with Gasteiger partial charge in [-0.15, -0.1) is 0 Å². The molecule has 0 unspecified atom stereocenters. The number of rotatable bonds is 5. The lowest BCUT2D eigenvalue weighted by atomic mass is 10.00. The predicted molar refractivity (Wildman–Crippen MR) is 239 cm³/mol. The van der Waals surface area contributed by atoms with E-state index in [9.17, 15) is 0 Å². The van der Waals surface area contributed by atoms with Gasteiger partial charge in [0.25, 0.3) is 0 Å². The second-order valence-electron chi connectivity index (χ2n) is 14.9. The Kier molecular flexibility index (Phi) is 6.93. The van der Waals surface area contributed by atoms with Gasteiger partial charge in [0.2, 0.25) is 0 Å². The average Bonchev–Trinajstić information content (AvgIpc) is 3.93. The van der Waals surface area contributed by atoms with Gasteiger partial charge in [-0.05, 0) is 82.4 Å². The minimum Gasteiger partial charge on any atom is -0.455 e. The van der Waals surface area contributed by atoms with Crippen molar-refractivity contribution in [3.8, 4) is 44.8 Å². The van der Waals surface area contributed by atoms with Gasteiger partial charge in [-0.1, -0.05) is 152 Å². The minimum absolute atomic E-state index is 0.912. The topological polar surface area (TPSA) is 23.0 Å². The van der Waals surface area contributed by atoms with Crippen molar-refractivity contribution in [2.75, 3.05) is 0 Å². The standard InChI is InChI=1S/C54H34N2O/c1-2-12-35(13-3-1)36-24-26-37(27-25-36)39-14-10-15-41(32-39)56-50-22-8-5-17-44(50)48-33-47-43-16-4-7-21-49(43)55(51(47)34-52(48)56)40-30-28-38(29-31-40)42-19-11-20-46-45-18-6-9-23-53(45)57-54(42)46/h1-34H. The summed E-state index contributed by atoms with van der Waals surface area (Å²) in [5.74, 6) is 0. The summed E-state index contributed by atoms with van der Waals surface area (Å²) >= 11 is 0. The molecule has 12 rings (SSSR count). The maximum atomic E-state index is 6.42. The van der Waals surface area contributed by atoms with Gasteiger partial charge in [-0.2, -0.15) is 0 Å². The van der Waals surface area contributed by atoms with E-state index in [1.807, 2.05) is 12.1 Å². The molecule has 3 aromatic heterocycles. The molecule has 0 spiro atoms. The zero-order valence-corrected chi connectivity index (χ0v) is 30.9. The van der Waals surface area contributed by atoms with Crippen LogP contribution in [0, 0.1) is 0 Å². The molecule has 0 N–H and O–H groups in total. The summed E-state index contributed by atoms with van der Waals surface area (Å²) in [6.07, 6.45) is 0. The normalized spacial score (nSPS) is 11.9. The monoisotopic (exact) mass is 726 g/mol. The van der Waals surface area contributed by atoms with E-state index in [1.165, 1.54) is 65.9 Å². The molecule has 0 bridgehead atoms. The van der Waals surface area contributed by atoms with E-state index in [1.54, 1.807) is 0 Å². The lowest BCUT2D eigenvalue weighted by Crippen LogP contribution is -1.96. The molecule has 57 heavy (non-hydrogen) atoms. The van der Waals surface area contributed by atoms with Gasteiger partial charge in [-0.3, -0.25) is 0 Å². The number of benzene rings is 9. The molecule has 12 aromatic rings. The van der Waals surface area contributed by atoms with Crippen LogP contribution < -0.4 is 0 Å². The van der Waals surface area contributed by atoms with Crippen LogP contribution in [0.15, 0.2) is 211 Å². The fourth-order valence-corrected chi connectivity index (χ4v) is 9.06. The average molecular weight is 727 g/mol. The molecule has 9 aromatic carbocycles.